The van der Waals surface area contributed by atoms with Gasteiger partial charge in [-0.15, -0.1) is 11.3 Å². The second kappa shape index (κ2) is 9.31. The molecule has 1 amide bonds. The van der Waals surface area contributed by atoms with Gasteiger partial charge in [-0.3, -0.25) is 20.2 Å². The number of benzene rings is 2. The molecular formula is C21H21N3O4S. The summed E-state index contributed by atoms with van der Waals surface area (Å²) in [5.41, 5.74) is 1.99. The van der Waals surface area contributed by atoms with Gasteiger partial charge >= 0.3 is 5.69 Å². The molecule has 0 unspecified atom stereocenters. The maximum atomic E-state index is 12.5. The highest BCUT2D eigenvalue weighted by molar-refractivity contribution is 7.10. The number of nitrogens with zero attached hydrogens (tertiary/aromatic N) is 1. The minimum absolute atomic E-state index is 0.0796. The van der Waals surface area contributed by atoms with Crippen LogP contribution in [0.4, 0.5) is 11.4 Å². The second-order valence-corrected chi connectivity index (χ2v) is 7.36. The van der Waals surface area contributed by atoms with Crippen LogP contribution in [0.5, 0.6) is 5.75 Å². The average molecular weight is 411 g/mol. The maximum Gasteiger partial charge on any atom is 0.311 e. The van der Waals surface area contributed by atoms with E-state index in [1.54, 1.807) is 18.3 Å². The standard InChI is InChI=1S/C21H21N3O4S/c1-14-11-17(24(26)27)18(28-2)12-16(14)23-20(25)13-22-21(19-9-6-10-29-19)15-7-4-3-5-8-15/h3-12,21-22H,13H2,1-2H3,(H,23,25)/t21-/m0/s1. The number of methoxy groups -OCH3 is 1. The van der Waals surface area contributed by atoms with Gasteiger partial charge in [0.05, 0.1) is 24.6 Å². The molecule has 1 atom stereocenters. The number of ether oxygens (including phenoxy) is 1. The summed E-state index contributed by atoms with van der Waals surface area (Å²) in [5, 5.41) is 19.2. The Labute approximate surface area is 172 Å². The van der Waals surface area contributed by atoms with Gasteiger partial charge in [0, 0.05) is 22.7 Å². The van der Waals surface area contributed by atoms with Crippen molar-refractivity contribution in [2.24, 2.45) is 0 Å². The van der Waals surface area contributed by atoms with Gasteiger partial charge in [0.2, 0.25) is 5.91 Å². The quantitative estimate of drug-likeness (QED) is 0.426. The Bertz CT molecular complexity index is 991. The lowest BCUT2D eigenvalue weighted by molar-refractivity contribution is -0.385. The molecular weight excluding hydrogens is 390 g/mol. The van der Waals surface area contributed by atoms with Crippen molar-refractivity contribution in [1.82, 2.24) is 5.32 Å². The van der Waals surface area contributed by atoms with Crippen molar-refractivity contribution in [2.75, 3.05) is 19.0 Å². The molecule has 0 saturated carbocycles. The van der Waals surface area contributed by atoms with E-state index in [1.165, 1.54) is 19.2 Å². The molecule has 1 heterocycles. The Kier molecular flexibility index (Phi) is 6.58. The van der Waals surface area contributed by atoms with Crippen LogP contribution >= 0.6 is 11.3 Å². The predicted octanol–water partition coefficient (Wildman–Crippen LogP) is 4.29. The molecule has 150 valence electrons. The molecule has 8 heteroatoms. The van der Waals surface area contributed by atoms with Crippen LogP contribution in [0.25, 0.3) is 0 Å². The average Bonchev–Trinajstić information content (AvgIpc) is 3.24. The molecule has 3 rings (SSSR count). The monoisotopic (exact) mass is 411 g/mol. The summed E-state index contributed by atoms with van der Waals surface area (Å²) in [6.07, 6.45) is 0. The van der Waals surface area contributed by atoms with Crippen LogP contribution in [0.2, 0.25) is 0 Å². The minimum Gasteiger partial charge on any atom is -0.490 e. The molecule has 1 aromatic heterocycles. The minimum atomic E-state index is -0.509. The molecule has 2 aromatic carbocycles. The molecule has 0 saturated heterocycles. The number of rotatable bonds is 8. The number of nitro benzene ring substituents is 1. The molecule has 0 aliphatic carbocycles. The molecule has 0 spiro atoms. The Morgan fingerprint density at radius 3 is 2.59 bits per heavy atom. The van der Waals surface area contributed by atoms with Crippen molar-refractivity contribution in [2.45, 2.75) is 13.0 Å². The first kappa shape index (κ1) is 20.5. The molecule has 0 aliphatic heterocycles. The highest BCUT2D eigenvalue weighted by Gasteiger charge is 2.19. The highest BCUT2D eigenvalue weighted by Crippen LogP contribution is 2.32. The van der Waals surface area contributed by atoms with Crippen molar-refractivity contribution >= 4 is 28.6 Å². The number of hydrogen-bond donors (Lipinski definition) is 2. The van der Waals surface area contributed by atoms with Crippen LogP contribution in [0.1, 0.15) is 22.0 Å². The number of carbonyl (C=O) groups excluding carboxylic acids is 1. The summed E-state index contributed by atoms with van der Waals surface area (Å²) in [5.74, 6) is -0.147. The number of hydrogen-bond acceptors (Lipinski definition) is 6. The van der Waals surface area contributed by atoms with Gasteiger partial charge < -0.3 is 10.1 Å². The van der Waals surface area contributed by atoms with Gasteiger partial charge in [-0.1, -0.05) is 36.4 Å². The second-order valence-electron chi connectivity index (χ2n) is 6.38. The lowest BCUT2D eigenvalue weighted by Crippen LogP contribution is -2.31. The molecule has 0 radical (unpaired) electrons. The van der Waals surface area contributed by atoms with Crippen LogP contribution < -0.4 is 15.4 Å². The number of anilines is 1. The van der Waals surface area contributed by atoms with E-state index in [9.17, 15) is 14.9 Å². The smallest absolute Gasteiger partial charge is 0.311 e. The van der Waals surface area contributed by atoms with Crippen molar-refractivity contribution in [1.29, 1.82) is 0 Å². The van der Waals surface area contributed by atoms with E-state index in [-0.39, 0.29) is 29.9 Å². The number of nitro groups is 1. The molecule has 0 aliphatic rings. The zero-order valence-electron chi connectivity index (χ0n) is 16.0. The van der Waals surface area contributed by atoms with E-state index in [2.05, 4.69) is 10.6 Å². The summed E-state index contributed by atoms with van der Waals surface area (Å²) in [6, 6.07) is 16.7. The van der Waals surface area contributed by atoms with Crippen molar-refractivity contribution in [3.05, 3.63) is 86.1 Å². The Hall–Kier alpha value is -3.23. The van der Waals surface area contributed by atoms with Gasteiger partial charge in [0.1, 0.15) is 0 Å². The van der Waals surface area contributed by atoms with Gasteiger partial charge in [-0.05, 0) is 29.5 Å². The fourth-order valence-corrected chi connectivity index (χ4v) is 3.81. The number of thiophene rings is 1. The molecule has 0 bridgehead atoms. The van der Waals surface area contributed by atoms with E-state index >= 15 is 0 Å². The van der Waals surface area contributed by atoms with Gasteiger partial charge in [-0.2, -0.15) is 0 Å². The van der Waals surface area contributed by atoms with Crippen molar-refractivity contribution in [3.63, 3.8) is 0 Å². The maximum absolute atomic E-state index is 12.5. The first-order chi connectivity index (χ1) is 14.0. The lowest BCUT2D eigenvalue weighted by atomic mass is 10.1. The zero-order chi connectivity index (χ0) is 20.8. The summed E-state index contributed by atoms with van der Waals surface area (Å²) in [4.78, 5) is 24.3. The summed E-state index contributed by atoms with van der Waals surface area (Å²) in [6.45, 7) is 1.78. The van der Waals surface area contributed by atoms with Crippen LogP contribution in [-0.4, -0.2) is 24.5 Å². The summed E-state index contributed by atoms with van der Waals surface area (Å²) < 4.78 is 5.08. The number of amides is 1. The lowest BCUT2D eigenvalue weighted by Gasteiger charge is -2.18. The van der Waals surface area contributed by atoms with Gasteiger partial charge in [0.25, 0.3) is 0 Å². The van der Waals surface area contributed by atoms with Gasteiger partial charge in [0.15, 0.2) is 5.75 Å². The number of carbonyl (C=O) groups is 1. The molecule has 29 heavy (non-hydrogen) atoms. The third kappa shape index (κ3) is 4.98. The van der Waals surface area contributed by atoms with Crippen molar-refractivity contribution in [3.8, 4) is 5.75 Å². The Morgan fingerprint density at radius 1 is 1.21 bits per heavy atom. The SMILES string of the molecule is COc1cc(NC(=O)CN[C@@H](c2ccccc2)c2cccs2)c(C)cc1[N+](=O)[O-]. The van der Waals surface area contributed by atoms with E-state index in [0.717, 1.165) is 10.4 Å². The zero-order valence-corrected chi connectivity index (χ0v) is 16.9. The van der Waals surface area contributed by atoms with Crippen LogP contribution in [0, 0.1) is 17.0 Å². The predicted molar refractivity (Wildman–Crippen MR) is 114 cm³/mol. The third-order valence-electron chi connectivity index (χ3n) is 4.42. The first-order valence-electron chi connectivity index (χ1n) is 8.94. The number of nitrogens with one attached hydrogen (secondary N) is 2. The summed E-state index contributed by atoms with van der Waals surface area (Å²) in [7, 11) is 1.36. The van der Waals surface area contributed by atoms with Crippen LogP contribution in [0.15, 0.2) is 60.0 Å². The van der Waals surface area contributed by atoms with Crippen molar-refractivity contribution < 1.29 is 14.5 Å². The fourth-order valence-electron chi connectivity index (χ4n) is 2.99. The highest BCUT2D eigenvalue weighted by atomic mass is 32.1. The first-order valence-corrected chi connectivity index (χ1v) is 9.82. The topological polar surface area (TPSA) is 93.5 Å². The van der Waals surface area contributed by atoms with Gasteiger partial charge in [-0.25, -0.2) is 0 Å². The normalized spacial score (nSPS) is 11.7. The summed E-state index contributed by atoms with van der Waals surface area (Å²) >= 11 is 1.62. The molecule has 3 aromatic rings. The third-order valence-corrected chi connectivity index (χ3v) is 5.36. The Morgan fingerprint density at radius 2 is 1.97 bits per heavy atom. The molecule has 7 nitrogen and oxygen atoms in total. The van der Waals surface area contributed by atoms with E-state index in [0.29, 0.717) is 11.3 Å². The fraction of sp³-hybridized carbons (Fsp3) is 0.190. The van der Waals surface area contributed by atoms with Crippen LogP contribution in [-0.2, 0) is 4.79 Å². The van der Waals surface area contributed by atoms with E-state index < -0.39 is 4.92 Å². The number of aryl methyl sites for hydroxylation is 1. The van der Waals surface area contributed by atoms with E-state index in [4.69, 9.17) is 4.74 Å². The molecule has 0 fully saturated rings. The largest absolute Gasteiger partial charge is 0.490 e. The molecule has 2 N–H and O–H groups in total. The van der Waals surface area contributed by atoms with E-state index in [1.807, 2.05) is 47.8 Å². The van der Waals surface area contributed by atoms with Crippen LogP contribution in [0.3, 0.4) is 0 Å². The Balaban J connectivity index is 1.72.